The fraction of sp³-hybridized carbons (Fsp3) is 0. The van der Waals surface area contributed by atoms with Gasteiger partial charge in [-0.2, -0.15) is 0 Å². The average molecular weight is 486 g/mol. The minimum absolute atomic E-state index is 0.888. The summed E-state index contributed by atoms with van der Waals surface area (Å²) in [6, 6.07) is 49.6. The van der Waals surface area contributed by atoms with E-state index in [-0.39, 0.29) is 0 Å². The number of anilines is 3. The van der Waals surface area contributed by atoms with Gasteiger partial charge in [0.2, 0.25) is 0 Å². The van der Waals surface area contributed by atoms with E-state index in [0.29, 0.717) is 0 Å². The second kappa shape index (κ2) is 8.22. The molecule has 7 aromatic carbocycles. The summed E-state index contributed by atoms with van der Waals surface area (Å²) in [5.41, 5.74) is 5.17. The molecule has 0 N–H and O–H groups in total. The van der Waals surface area contributed by atoms with Crippen LogP contribution in [0.15, 0.2) is 144 Å². The van der Waals surface area contributed by atoms with Crippen LogP contribution in [0.25, 0.3) is 54.3 Å². The van der Waals surface area contributed by atoms with Gasteiger partial charge in [0.1, 0.15) is 11.2 Å². The number of fused-ring (bicyclic) bond motifs is 7. The zero-order valence-electron chi connectivity index (χ0n) is 20.6. The molecule has 2 heteroatoms. The highest BCUT2D eigenvalue weighted by Crippen LogP contribution is 2.44. The van der Waals surface area contributed by atoms with Gasteiger partial charge in [-0.05, 0) is 46.5 Å². The normalized spacial score (nSPS) is 11.7. The summed E-state index contributed by atoms with van der Waals surface area (Å²) >= 11 is 0. The fourth-order valence-corrected chi connectivity index (χ4v) is 5.85. The molecule has 8 rings (SSSR count). The zero-order chi connectivity index (χ0) is 25.1. The number of rotatable bonds is 3. The van der Waals surface area contributed by atoms with E-state index in [1.54, 1.807) is 0 Å². The lowest BCUT2D eigenvalue weighted by atomic mass is 10.0. The van der Waals surface area contributed by atoms with Crippen LogP contribution in [0.3, 0.4) is 0 Å². The van der Waals surface area contributed by atoms with Crippen LogP contribution in [-0.2, 0) is 0 Å². The van der Waals surface area contributed by atoms with Crippen molar-refractivity contribution in [1.29, 1.82) is 0 Å². The van der Waals surface area contributed by atoms with Gasteiger partial charge < -0.3 is 9.32 Å². The molecule has 0 spiro atoms. The maximum atomic E-state index is 6.58. The molecule has 38 heavy (non-hydrogen) atoms. The molecule has 0 amide bonds. The van der Waals surface area contributed by atoms with E-state index in [9.17, 15) is 0 Å². The Balaban J connectivity index is 1.43. The molecule has 0 radical (unpaired) electrons. The Morgan fingerprint density at radius 2 is 0.921 bits per heavy atom. The first-order valence-electron chi connectivity index (χ1n) is 12.9. The van der Waals surface area contributed by atoms with E-state index in [1.807, 2.05) is 0 Å². The molecule has 0 unspecified atom stereocenters. The molecule has 178 valence electrons. The molecule has 0 aliphatic rings. The maximum absolute atomic E-state index is 6.58. The van der Waals surface area contributed by atoms with Gasteiger partial charge in [0.15, 0.2) is 0 Å². The standard InChI is InChI=1S/C36H23NO/c1-4-14-28-24(9-1)12-7-17-33(28)37(34-18-8-13-25-10-2-5-15-29(25)34)27-20-22-31-32-21-19-26-11-3-6-16-30(26)36(32)38-35(31)23-27/h1-23H. The van der Waals surface area contributed by atoms with Crippen molar-refractivity contribution in [1.82, 2.24) is 0 Å². The van der Waals surface area contributed by atoms with E-state index in [1.165, 1.54) is 26.9 Å². The van der Waals surface area contributed by atoms with Gasteiger partial charge >= 0.3 is 0 Å². The van der Waals surface area contributed by atoms with Crippen LogP contribution in [0.2, 0.25) is 0 Å². The Hall–Kier alpha value is -5.08. The van der Waals surface area contributed by atoms with E-state index in [0.717, 1.165) is 44.4 Å². The van der Waals surface area contributed by atoms with Crippen molar-refractivity contribution in [3.05, 3.63) is 140 Å². The Bertz CT molecular complexity index is 2060. The summed E-state index contributed by atoms with van der Waals surface area (Å²) in [6.07, 6.45) is 0. The summed E-state index contributed by atoms with van der Waals surface area (Å²) in [7, 11) is 0. The minimum Gasteiger partial charge on any atom is -0.455 e. The van der Waals surface area contributed by atoms with Gasteiger partial charge in [0, 0.05) is 38.7 Å². The van der Waals surface area contributed by atoms with E-state index >= 15 is 0 Å². The number of hydrogen-bond acceptors (Lipinski definition) is 2. The largest absolute Gasteiger partial charge is 0.455 e. The zero-order valence-corrected chi connectivity index (χ0v) is 20.6. The van der Waals surface area contributed by atoms with Crippen LogP contribution in [-0.4, -0.2) is 0 Å². The second-order valence-corrected chi connectivity index (χ2v) is 9.78. The first-order valence-corrected chi connectivity index (χ1v) is 12.9. The first-order chi connectivity index (χ1) is 18.8. The molecule has 1 aromatic heterocycles. The Morgan fingerprint density at radius 1 is 0.395 bits per heavy atom. The Labute approximate surface area is 220 Å². The third-order valence-corrected chi connectivity index (χ3v) is 7.62. The third kappa shape index (κ3) is 3.14. The van der Waals surface area contributed by atoms with Gasteiger partial charge in [-0.15, -0.1) is 0 Å². The van der Waals surface area contributed by atoms with Crippen molar-refractivity contribution >= 4 is 71.3 Å². The highest BCUT2D eigenvalue weighted by Gasteiger charge is 2.19. The average Bonchev–Trinajstić information content (AvgIpc) is 3.36. The van der Waals surface area contributed by atoms with Crippen molar-refractivity contribution in [2.75, 3.05) is 4.90 Å². The van der Waals surface area contributed by atoms with Crippen molar-refractivity contribution in [2.24, 2.45) is 0 Å². The van der Waals surface area contributed by atoms with Crippen LogP contribution in [0.4, 0.5) is 17.1 Å². The van der Waals surface area contributed by atoms with E-state index in [4.69, 9.17) is 4.42 Å². The molecule has 0 aliphatic carbocycles. The third-order valence-electron chi connectivity index (χ3n) is 7.62. The van der Waals surface area contributed by atoms with Gasteiger partial charge in [-0.25, -0.2) is 0 Å². The molecule has 8 aromatic rings. The Morgan fingerprint density at radius 3 is 1.58 bits per heavy atom. The summed E-state index contributed by atoms with van der Waals surface area (Å²) in [4.78, 5) is 2.37. The van der Waals surface area contributed by atoms with Crippen molar-refractivity contribution in [3.63, 3.8) is 0 Å². The van der Waals surface area contributed by atoms with Crippen molar-refractivity contribution in [3.8, 4) is 0 Å². The number of nitrogens with zero attached hydrogens (tertiary/aromatic N) is 1. The minimum atomic E-state index is 0.888. The lowest BCUT2D eigenvalue weighted by Gasteiger charge is -2.28. The molecule has 0 aliphatic heterocycles. The summed E-state index contributed by atoms with van der Waals surface area (Å²) in [6.45, 7) is 0. The molecule has 0 saturated heterocycles. The quantitative estimate of drug-likeness (QED) is 0.247. The summed E-state index contributed by atoms with van der Waals surface area (Å²) in [5, 5.41) is 9.45. The van der Waals surface area contributed by atoms with Gasteiger partial charge in [0.05, 0.1) is 11.4 Å². The summed E-state index contributed by atoms with van der Waals surface area (Å²) < 4.78 is 6.58. The SMILES string of the molecule is c1ccc2c(N(c3ccc4c(c3)oc3c5ccccc5ccc43)c3cccc4ccccc34)cccc2c1. The molecule has 0 bridgehead atoms. The summed E-state index contributed by atoms with van der Waals surface area (Å²) in [5.74, 6) is 0. The molecule has 0 saturated carbocycles. The topological polar surface area (TPSA) is 16.4 Å². The highest BCUT2D eigenvalue weighted by molar-refractivity contribution is 6.16. The van der Waals surface area contributed by atoms with Crippen molar-refractivity contribution < 1.29 is 4.42 Å². The molecular weight excluding hydrogens is 462 g/mol. The van der Waals surface area contributed by atoms with Crippen LogP contribution >= 0.6 is 0 Å². The number of hydrogen-bond donors (Lipinski definition) is 0. The van der Waals surface area contributed by atoms with E-state index in [2.05, 4.69) is 144 Å². The van der Waals surface area contributed by atoms with Crippen LogP contribution in [0, 0.1) is 0 Å². The van der Waals surface area contributed by atoms with Crippen LogP contribution in [0.5, 0.6) is 0 Å². The highest BCUT2D eigenvalue weighted by atomic mass is 16.3. The van der Waals surface area contributed by atoms with Crippen molar-refractivity contribution in [2.45, 2.75) is 0 Å². The number of benzene rings is 7. The smallest absolute Gasteiger partial charge is 0.143 e. The van der Waals surface area contributed by atoms with Crippen LogP contribution < -0.4 is 4.90 Å². The molecule has 1 heterocycles. The predicted molar refractivity (Wildman–Crippen MR) is 161 cm³/mol. The van der Waals surface area contributed by atoms with Crippen LogP contribution in [0.1, 0.15) is 0 Å². The number of furan rings is 1. The lowest BCUT2D eigenvalue weighted by Crippen LogP contribution is -2.11. The Kier molecular flexibility index (Phi) is 4.55. The lowest BCUT2D eigenvalue weighted by molar-refractivity contribution is 0.673. The van der Waals surface area contributed by atoms with Gasteiger partial charge in [-0.3, -0.25) is 0 Å². The second-order valence-electron chi connectivity index (χ2n) is 9.78. The van der Waals surface area contributed by atoms with E-state index < -0.39 is 0 Å². The molecule has 0 atom stereocenters. The molecule has 2 nitrogen and oxygen atoms in total. The molecule has 0 fully saturated rings. The van der Waals surface area contributed by atoms with Gasteiger partial charge in [0.25, 0.3) is 0 Å². The monoisotopic (exact) mass is 485 g/mol. The first kappa shape index (κ1) is 21.0. The molecular formula is C36H23NO. The fourth-order valence-electron chi connectivity index (χ4n) is 5.85. The maximum Gasteiger partial charge on any atom is 0.143 e. The van der Waals surface area contributed by atoms with Gasteiger partial charge in [-0.1, -0.05) is 103 Å². The predicted octanol–water partition coefficient (Wildman–Crippen LogP) is 10.5.